The van der Waals surface area contributed by atoms with E-state index in [1.165, 1.54) is 0 Å². The summed E-state index contributed by atoms with van der Waals surface area (Å²) in [6, 6.07) is 0. The minimum absolute atomic E-state index is 0.261. The van der Waals surface area contributed by atoms with Gasteiger partial charge in [0.25, 0.3) is 0 Å². The molecular weight excluding hydrogens is 244 g/mol. The summed E-state index contributed by atoms with van der Waals surface area (Å²) in [6.07, 6.45) is 3.60. The van der Waals surface area contributed by atoms with Gasteiger partial charge in [0, 0.05) is 20.2 Å². The van der Waals surface area contributed by atoms with Crippen molar-refractivity contribution in [2.75, 3.05) is 33.3 Å². The van der Waals surface area contributed by atoms with Crippen LogP contribution in [0.2, 0.25) is 0 Å². The lowest BCUT2D eigenvalue weighted by Gasteiger charge is -2.24. The molecule has 0 fully saturated rings. The molecular formula is C14H30N2O3. The summed E-state index contributed by atoms with van der Waals surface area (Å²) in [5.41, 5.74) is -0.431. The first-order valence-electron chi connectivity index (χ1n) is 7.12. The third-order valence-corrected chi connectivity index (χ3v) is 2.56. The second-order valence-corrected chi connectivity index (χ2v) is 5.79. The number of hydrogen-bond acceptors (Lipinski definition) is 4. The number of ether oxygens (including phenoxy) is 1. The zero-order chi connectivity index (χ0) is 14.7. The second-order valence-electron chi connectivity index (χ2n) is 5.79. The van der Waals surface area contributed by atoms with Crippen molar-refractivity contribution in [3.05, 3.63) is 0 Å². The Balaban J connectivity index is 3.48. The predicted octanol–water partition coefficient (Wildman–Crippen LogP) is 2.00. The lowest BCUT2D eigenvalue weighted by molar-refractivity contribution is 0.0296. The maximum atomic E-state index is 11.7. The predicted molar refractivity (Wildman–Crippen MR) is 77.3 cm³/mol. The molecule has 19 heavy (non-hydrogen) atoms. The minimum Gasteiger partial charge on any atom is -0.444 e. The van der Waals surface area contributed by atoms with Crippen LogP contribution < -0.4 is 5.32 Å². The van der Waals surface area contributed by atoms with E-state index < -0.39 is 5.60 Å². The number of nitrogens with zero attached hydrogens (tertiary/aromatic N) is 1. The highest BCUT2D eigenvalue weighted by Gasteiger charge is 2.18. The topological polar surface area (TPSA) is 61.8 Å². The molecule has 0 radical (unpaired) electrons. The maximum Gasteiger partial charge on any atom is 0.410 e. The average molecular weight is 274 g/mol. The molecule has 0 aromatic carbocycles. The fraction of sp³-hybridized carbons (Fsp3) is 0.929. The number of amides is 1. The van der Waals surface area contributed by atoms with E-state index in [0.717, 1.165) is 38.8 Å². The molecule has 0 aliphatic carbocycles. The molecule has 0 saturated heterocycles. The van der Waals surface area contributed by atoms with Crippen molar-refractivity contribution in [1.82, 2.24) is 10.2 Å². The Labute approximate surface area is 117 Å². The zero-order valence-corrected chi connectivity index (χ0v) is 12.9. The van der Waals surface area contributed by atoms with Crippen LogP contribution in [0.15, 0.2) is 0 Å². The summed E-state index contributed by atoms with van der Waals surface area (Å²) in [4.78, 5) is 13.3. The standard InChI is InChI=1S/C14H30N2O3/c1-14(2,3)19-13(18)16(4)11-7-5-9-15-10-6-8-12-17/h15,17H,5-12H2,1-4H3. The number of rotatable bonds is 9. The van der Waals surface area contributed by atoms with Crippen molar-refractivity contribution in [3.63, 3.8) is 0 Å². The van der Waals surface area contributed by atoms with Gasteiger partial charge in [0.15, 0.2) is 0 Å². The third-order valence-electron chi connectivity index (χ3n) is 2.56. The normalized spacial score (nSPS) is 11.4. The molecule has 5 heteroatoms. The van der Waals surface area contributed by atoms with E-state index in [1.807, 2.05) is 20.8 Å². The molecule has 0 saturated carbocycles. The van der Waals surface area contributed by atoms with Crippen LogP contribution in [-0.4, -0.2) is 55.0 Å². The van der Waals surface area contributed by atoms with E-state index in [0.29, 0.717) is 6.54 Å². The van der Waals surface area contributed by atoms with Crippen LogP contribution in [0.25, 0.3) is 0 Å². The van der Waals surface area contributed by atoms with Crippen LogP contribution in [-0.2, 0) is 4.74 Å². The average Bonchev–Trinajstić information content (AvgIpc) is 2.30. The first kappa shape index (κ1) is 18.2. The van der Waals surface area contributed by atoms with E-state index in [1.54, 1.807) is 11.9 Å². The molecule has 114 valence electrons. The first-order chi connectivity index (χ1) is 8.87. The second kappa shape index (κ2) is 10.0. The lowest BCUT2D eigenvalue weighted by Crippen LogP contribution is -2.34. The van der Waals surface area contributed by atoms with Gasteiger partial charge in [0.05, 0.1) is 0 Å². The van der Waals surface area contributed by atoms with Crippen LogP contribution in [0.4, 0.5) is 4.79 Å². The number of aliphatic hydroxyl groups excluding tert-OH is 1. The van der Waals surface area contributed by atoms with Gasteiger partial charge in [-0.2, -0.15) is 0 Å². The Morgan fingerprint density at radius 3 is 2.26 bits per heavy atom. The van der Waals surface area contributed by atoms with Gasteiger partial charge < -0.3 is 20.1 Å². The van der Waals surface area contributed by atoms with Crippen LogP contribution in [0.5, 0.6) is 0 Å². The van der Waals surface area contributed by atoms with Crippen LogP contribution in [0.1, 0.15) is 46.5 Å². The number of unbranched alkanes of at least 4 members (excludes halogenated alkanes) is 2. The molecule has 1 amide bonds. The molecule has 0 heterocycles. The molecule has 0 aromatic heterocycles. The van der Waals surface area contributed by atoms with Crippen LogP contribution >= 0.6 is 0 Å². The largest absolute Gasteiger partial charge is 0.444 e. The fourth-order valence-electron chi connectivity index (χ4n) is 1.52. The van der Waals surface area contributed by atoms with Crippen LogP contribution in [0.3, 0.4) is 0 Å². The number of nitrogens with one attached hydrogen (secondary N) is 1. The van der Waals surface area contributed by atoms with Gasteiger partial charge >= 0.3 is 6.09 Å². The summed E-state index contributed by atoms with van der Waals surface area (Å²) in [5, 5.41) is 11.9. The molecule has 0 aromatic rings. The van der Waals surface area contributed by atoms with E-state index in [9.17, 15) is 4.79 Å². The fourth-order valence-corrected chi connectivity index (χ4v) is 1.52. The van der Waals surface area contributed by atoms with Gasteiger partial charge in [0.2, 0.25) is 0 Å². The van der Waals surface area contributed by atoms with E-state index in [2.05, 4.69) is 5.32 Å². The van der Waals surface area contributed by atoms with E-state index in [-0.39, 0.29) is 12.7 Å². The van der Waals surface area contributed by atoms with E-state index >= 15 is 0 Å². The van der Waals surface area contributed by atoms with Gasteiger partial charge in [0.1, 0.15) is 5.60 Å². The van der Waals surface area contributed by atoms with Gasteiger partial charge in [-0.25, -0.2) is 4.79 Å². The van der Waals surface area contributed by atoms with Crippen LogP contribution in [0, 0.1) is 0 Å². The number of carbonyl (C=O) groups excluding carboxylic acids is 1. The van der Waals surface area contributed by atoms with Crippen molar-refractivity contribution in [2.24, 2.45) is 0 Å². The van der Waals surface area contributed by atoms with Crippen molar-refractivity contribution in [3.8, 4) is 0 Å². The molecule has 0 aliphatic heterocycles. The Morgan fingerprint density at radius 2 is 1.74 bits per heavy atom. The summed E-state index contributed by atoms with van der Waals surface area (Å²) in [5.74, 6) is 0. The Morgan fingerprint density at radius 1 is 1.16 bits per heavy atom. The quantitative estimate of drug-likeness (QED) is 0.631. The Bertz CT molecular complexity index is 239. The van der Waals surface area contributed by atoms with Crippen molar-refractivity contribution in [2.45, 2.75) is 52.1 Å². The monoisotopic (exact) mass is 274 g/mol. The SMILES string of the molecule is CN(CCCCNCCCCO)C(=O)OC(C)(C)C. The van der Waals surface area contributed by atoms with Gasteiger partial charge in [-0.3, -0.25) is 0 Å². The summed E-state index contributed by atoms with van der Waals surface area (Å²) in [7, 11) is 1.77. The molecule has 0 rings (SSSR count). The van der Waals surface area contributed by atoms with Crippen molar-refractivity contribution >= 4 is 6.09 Å². The summed E-state index contributed by atoms with van der Waals surface area (Å²) >= 11 is 0. The summed E-state index contributed by atoms with van der Waals surface area (Å²) < 4.78 is 5.27. The van der Waals surface area contributed by atoms with Crippen molar-refractivity contribution < 1.29 is 14.6 Å². The summed E-state index contributed by atoms with van der Waals surface area (Å²) in [6.45, 7) is 8.49. The molecule has 2 N–H and O–H groups in total. The number of carbonyl (C=O) groups is 1. The number of hydrogen-bond donors (Lipinski definition) is 2. The maximum absolute atomic E-state index is 11.7. The lowest BCUT2D eigenvalue weighted by atomic mass is 10.2. The zero-order valence-electron chi connectivity index (χ0n) is 12.9. The molecule has 0 bridgehead atoms. The first-order valence-corrected chi connectivity index (χ1v) is 7.12. The van der Waals surface area contributed by atoms with Gasteiger partial charge in [-0.05, 0) is 59.5 Å². The highest BCUT2D eigenvalue weighted by molar-refractivity contribution is 5.67. The minimum atomic E-state index is -0.431. The molecule has 0 unspecified atom stereocenters. The number of aliphatic hydroxyl groups is 1. The molecule has 0 spiro atoms. The molecule has 5 nitrogen and oxygen atoms in total. The van der Waals surface area contributed by atoms with Gasteiger partial charge in [-0.1, -0.05) is 0 Å². The highest BCUT2D eigenvalue weighted by Crippen LogP contribution is 2.09. The van der Waals surface area contributed by atoms with Crippen molar-refractivity contribution in [1.29, 1.82) is 0 Å². The van der Waals surface area contributed by atoms with Gasteiger partial charge in [-0.15, -0.1) is 0 Å². The molecule has 0 atom stereocenters. The highest BCUT2D eigenvalue weighted by atomic mass is 16.6. The smallest absolute Gasteiger partial charge is 0.410 e. The Hall–Kier alpha value is -0.810. The molecule has 0 aliphatic rings. The van der Waals surface area contributed by atoms with E-state index in [4.69, 9.17) is 9.84 Å². The Kier molecular flexibility index (Phi) is 9.61. The third kappa shape index (κ3) is 12.0.